The first-order chi connectivity index (χ1) is 12.5. The molecule has 0 N–H and O–H groups in total. The third kappa shape index (κ3) is 3.28. The van der Waals surface area contributed by atoms with E-state index >= 15 is 0 Å². The lowest BCUT2D eigenvalue weighted by Gasteiger charge is -2.11. The topological polar surface area (TPSA) is 30.7 Å². The molecule has 0 saturated carbocycles. The zero-order chi connectivity index (χ0) is 18.3. The lowest BCUT2D eigenvalue weighted by Crippen LogP contribution is -2.03. The van der Waals surface area contributed by atoms with Gasteiger partial charge in [0.2, 0.25) is 0 Å². The molecule has 0 amide bonds. The molecule has 7 heteroatoms. The van der Waals surface area contributed by atoms with Crippen LogP contribution in [0.15, 0.2) is 54.7 Å². The molecule has 4 rings (SSSR count). The van der Waals surface area contributed by atoms with Gasteiger partial charge in [0.25, 0.3) is 0 Å². The molecule has 0 spiro atoms. The first-order valence-electron chi connectivity index (χ1n) is 7.73. The average Bonchev–Trinajstić information content (AvgIpc) is 2.95. The van der Waals surface area contributed by atoms with Gasteiger partial charge in [-0.25, -0.2) is 9.97 Å². The number of pyridine rings is 1. The number of aromatic nitrogens is 3. The predicted octanol–water partition coefficient (Wildman–Crippen LogP) is 6.76. The van der Waals surface area contributed by atoms with Crippen LogP contribution in [0.4, 0.5) is 0 Å². The van der Waals surface area contributed by atoms with Gasteiger partial charge in [0.1, 0.15) is 11.0 Å². The molecule has 130 valence electrons. The minimum Gasteiger partial charge on any atom is -0.319 e. The molecule has 0 fully saturated rings. The number of imidazole rings is 1. The number of nitrogens with zero attached hydrogens (tertiary/aromatic N) is 3. The third-order valence-corrected chi connectivity index (χ3v) is 5.38. The van der Waals surface area contributed by atoms with Crippen molar-refractivity contribution < 1.29 is 0 Å². The molecule has 2 aromatic heterocycles. The van der Waals surface area contributed by atoms with Crippen LogP contribution in [0.5, 0.6) is 0 Å². The quantitative estimate of drug-likeness (QED) is 0.341. The van der Waals surface area contributed by atoms with Crippen molar-refractivity contribution >= 4 is 57.4 Å². The second kappa shape index (κ2) is 7.09. The molecule has 2 heterocycles. The van der Waals surface area contributed by atoms with Crippen molar-refractivity contribution in [3.63, 3.8) is 0 Å². The fraction of sp³-hybridized carbons (Fsp3) is 0.0526. The number of hydrogen-bond donors (Lipinski definition) is 0. The zero-order valence-corrected chi connectivity index (χ0v) is 16.3. The second-order valence-electron chi connectivity index (χ2n) is 5.74. The summed E-state index contributed by atoms with van der Waals surface area (Å²) in [5, 5.41) is 2.05. The molecule has 0 aliphatic rings. The Morgan fingerprint density at radius 2 is 1.62 bits per heavy atom. The molecule has 0 atom stereocenters. The molecule has 0 aliphatic carbocycles. The molecule has 0 bridgehead atoms. The van der Waals surface area contributed by atoms with Gasteiger partial charge in [-0.1, -0.05) is 64.6 Å². The van der Waals surface area contributed by atoms with Crippen molar-refractivity contribution in [2.75, 3.05) is 0 Å². The van der Waals surface area contributed by atoms with Gasteiger partial charge in [-0.05, 0) is 35.9 Å². The van der Waals surface area contributed by atoms with Crippen molar-refractivity contribution in [3.05, 3.63) is 80.5 Å². The molecule has 0 saturated heterocycles. The Hall–Kier alpha value is -1.78. The third-order valence-electron chi connectivity index (χ3n) is 4.06. The van der Waals surface area contributed by atoms with Crippen molar-refractivity contribution in [1.82, 2.24) is 14.5 Å². The summed E-state index contributed by atoms with van der Waals surface area (Å²) in [6, 6.07) is 14.9. The Balaban J connectivity index is 1.95. The predicted molar refractivity (Wildman–Crippen MR) is 109 cm³/mol. The Labute approximate surface area is 170 Å². The number of fused-ring (bicyclic) bond motifs is 1. The first kappa shape index (κ1) is 17.6. The molecule has 0 unspecified atom stereocenters. The smallest absolute Gasteiger partial charge is 0.143 e. The summed E-state index contributed by atoms with van der Waals surface area (Å²) in [6.45, 7) is 0.534. The van der Waals surface area contributed by atoms with Crippen LogP contribution in [0.3, 0.4) is 0 Å². The molecule has 0 aliphatic heterocycles. The average molecular weight is 423 g/mol. The summed E-state index contributed by atoms with van der Waals surface area (Å²) in [7, 11) is 0. The van der Waals surface area contributed by atoms with Crippen LogP contribution in [0, 0.1) is 0 Å². The van der Waals surface area contributed by atoms with Gasteiger partial charge in [-0.2, -0.15) is 0 Å². The summed E-state index contributed by atoms with van der Waals surface area (Å²) < 4.78 is 2.05. The monoisotopic (exact) mass is 421 g/mol. The van der Waals surface area contributed by atoms with E-state index in [2.05, 4.69) is 4.98 Å². The van der Waals surface area contributed by atoms with Gasteiger partial charge in [-0.15, -0.1) is 0 Å². The normalized spacial score (nSPS) is 11.2. The minimum absolute atomic E-state index is 0.425. The number of hydrogen-bond acceptors (Lipinski definition) is 2. The van der Waals surface area contributed by atoms with Crippen LogP contribution in [0.2, 0.25) is 20.2 Å². The van der Waals surface area contributed by atoms with Gasteiger partial charge in [0.15, 0.2) is 0 Å². The fourth-order valence-corrected chi connectivity index (χ4v) is 3.43. The number of rotatable bonds is 3. The van der Waals surface area contributed by atoms with Crippen LogP contribution in [0.25, 0.3) is 22.4 Å². The van der Waals surface area contributed by atoms with E-state index in [1.54, 1.807) is 18.3 Å². The van der Waals surface area contributed by atoms with E-state index in [1.807, 2.05) is 41.0 Å². The van der Waals surface area contributed by atoms with Gasteiger partial charge in [-0.3, -0.25) is 0 Å². The second-order valence-corrected chi connectivity index (χ2v) is 7.35. The van der Waals surface area contributed by atoms with Crippen LogP contribution >= 0.6 is 46.4 Å². The number of halogens is 4. The maximum absolute atomic E-state index is 6.36. The fourth-order valence-electron chi connectivity index (χ4n) is 2.81. The van der Waals surface area contributed by atoms with Crippen LogP contribution in [-0.4, -0.2) is 14.5 Å². The lowest BCUT2D eigenvalue weighted by atomic mass is 10.2. The van der Waals surface area contributed by atoms with E-state index in [0.717, 1.165) is 28.0 Å². The molecule has 4 aromatic rings. The van der Waals surface area contributed by atoms with Crippen molar-refractivity contribution in [3.8, 4) is 11.4 Å². The highest BCUT2D eigenvalue weighted by molar-refractivity contribution is 6.42. The maximum atomic E-state index is 6.36. The Morgan fingerprint density at radius 1 is 0.846 bits per heavy atom. The first-order valence-corrected chi connectivity index (χ1v) is 9.25. The summed E-state index contributed by atoms with van der Waals surface area (Å²) in [4.78, 5) is 8.89. The van der Waals surface area contributed by atoms with Crippen molar-refractivity contribution in [1.29, 1.82) is 0 Å². The van der Waals surface area contributed by atoms with E-state index in [1.165, 1.54) is 0 Å². The van der Waals surface area contributed by atoms with E-state index in [4.69, 9.17) is 51.4 Å². The molecule has 3 nitrogen and oxygen atoms in total. The molecule has 0 radical (unpaired) electrons. The van der Waals surface area contributed by atoms with Gasteiger partial charge in [0.05, 0.1) is 27.6 Å². The standard InChI is InChI=1S/C19H11Cl4N3/c20-13-4-2-1-3-12(13)10-26-17-8-15(22)14(21)7-16(17)25-19(26)11-5-6-18(23)24-9-11/h1-9H,10H2. The van der Waals surface area contributed by atoms with Crippen molar-refractivity contribution in [2.24, 2.45) is 0 Å². The van der Waals surface area contributed by atoms with E-state index in [0.29, 0.717) is 26.8 Å². The summed E-state index contributed by atoms with van der Waals surface area (Å²) in [5.74, 6) is 0.738. The molecule has 26 heavy (non-hydrogen) atoms. The Morgan fingerprint density at radius 3 is 2.35 bits per heavy atom. The van der Waals surface area contributed by atoms with E-state index in [-0.39, 0.29) is 0 Å². The van der Waals surface area contributed by atoms with Gasteiger partial charge in [0, 0.05) is 16.8 Å². The summed E-state index contributed by atoms with van der Waals surface area (Å²) in [6.07, 6.45) is 1.69. The van der Waals surface area contributed by atoms with Crippen LogP contribution in [0.1, 0.15) is 5.56 Å². The summed E-state index contributed by atoms with van der Waals surface area (Å²) >= 11 is 24.7. The van der Waals surface area contributed by atoms with E-state index in [9.17, 15) is 0 Å². The van der Waals surface area contributed by atoms with Crippen LogP contribution < -0.4 is 0 Å². The van der Waals surface area contributed by atoms with Crippen LogP contribution in [-0.2, 0) is 6.54 Å². The van der Waals surface area contributed by atoms with Gasteiger partial charge < -0.3 is 4.57 Å². The highest BCUT2D eigenvalue weighted by atomic mass is 35.5. The molecule has 2 aromatic carbocycles. The summed E-state index contributed by atoms with van der Waals surface area (Å²) in [5.41, 5.74) is 3.42. The highest BCUT2D eigenvalue weighted by Gasteiger charge is 2.16. The Bertz CT molecular complexity index is 1100. The van der Waals surface area contributed by atoms with Gasteiger partial charge >= 0.3 is 0 Å². The SMILES string of the molecule is Clc1ccc(-c2nc3cc(Cl)c(Cl)cc3n2Cc2ccccc2Cl)cn1. The molecular weight excluding hydrogens is 412 g/mol. The highest BCUT2D eigenvalue weighted by Crippen LogP contribution is 2.32. The Kier molecular flexibility index (Phi) is 4.80. The van der Waals surface area contributed by atoms with Crippen molar-refractivity contribution in [2.45, 2.75) is 6.54 Å². The largest absolute Gasteiger partial charge is 0.319 e. The maximum Gasteiger partial charge on any atom is 0.143 e. The van der Waals surface area contributed by atoms with E-state index < -0.39 is 0 Å². The number of benzene rings is 2. The zero-order valence-electron chi connectivity index (χ0n) is 13.3. The minimum atomic E-state index is 0.425. The lowest BCUT2D eigenvalue weighted by molar-refractivity contribution is 0.834. The molecular formula is C19H11Cl4N3.